The highest BCUT2D eigenvalue weighted by Crippen LogP contribution is 2.30. The van der Waals surface area contributed by atoms with Crippen molar-refractivity contribution in [3.8, 4) is 5.75 Å². The Morgan fingerprint density at radius 3 is 2.40 bits per heavy atom. The second-order valence-electron chi connectivity index (χ2n) is 3.11. The van der Waals surface area contributed by atoms with Gasteiger partial charge in [0.1, 0.15) is 5.75 Å². The lowest BCUT2D eigenvalue weighted by Gasteiger charge is -2.07. The van der Waals surface area contributed by atoms with Gasteiger partial charge in [-0.25, -0.2) is 4.79 Å². The Bertz CT molecular complexity index is 522. The molecule has 76 valence electrons. The van der Waals surface area contributed by atoms with Gasteiger partial charge in [-0.3, -0.25) is 5.32 Å². The molecule has 2 rings (SSSR count). The third-order valence-corrected chi connectivity index (χ3v) is 2.14. The molecule has 0 fully saturated rings. The Labute approximate surface area is 85.8 Å². The molecule has 0 bridgehead atoms. The van der Waals surface area contributed by atoms with Crippen LogP contribution in [0.25, 0.3) is 10.8 Å². The molecule has 0 aromatic heterocycles. The van der Waals surface area contributed by atoms with Gasteiger partial charge >= 0.3 is 6.09 Å². The number of amides is 1. The molecular weight excluding hydrogens is 194 g/mol. The minimum Gasteiger partial charge on any atom is -0.507 e. The second-order valence-corrected chi connectivity index (χ2v) is 3.11. The van der Waals surface area contributed by atoms with E-state index >= 15 is 0 Å². The fourth-order valence-electron chi connectivity index (χ4n) is 1.51. The maximum Gasteiger partial charge on any atom is 0.409 e. The smallest absolute Gasteiger partial charge is 0.409 e. The van der Waals surface area contributed by atoms with Gasteiger partial charge in [0.2, 0.25) is 0 Å². The Kier molecular flexibility index (Phi) is 2.17. The fourth-order valence-corrected chi connectivity index (χ4v) is 1.51. The highest BCUT2D eigenvalue weighted by Gasteiger charge is 2.06. The topological polar surface area (TPSA) is 69.6 Å². The van der Waals surface area contributed by atoms with E-state index in [1.54, 1.807) is 24.3 Å². The van der Waals surface area contributed by atoms with E-state index in [1.165, 1.54) is 12.1 Å². The van der Waals surface area contributed by atoms with E-state index in [0.29, 0.717) is 16.5 Å². The van der Waals surface area contributed by atoms with Gasteiger partial charge in [0.05, 0.1) is 5.69 Å². The van der Waals surface area contributed by atoms with Crippen LogP contribution in [0.1, 0.15) is 0 Å². The SMILES string of the molecule is O=C(O)Nc1ccc(O)c2ccccc12. The summed E-state index contributed by atoms with van der Waals surface area (Å²) < 4.78 is 0. The molecule has 0 atom stereocenters. The number of phenolic OH excluding ortho intramolecular Hbond substituents is 1. The Morgan fingerprint density at radius 1 is 1.07 bits per heavy atom. The van der Waals surface area contributed by atoms with Crippen molar-refractivity contribution in [2.75, 3.05) is 5.32 Å². The van der Waals surface area contributed by atoms with Crippen molar-refractivity contribution in [2.24, 2.45) is 0 Å². The van der Waals surface area contributed by atoms with Gasteiger partial charge in [0.15, 0.2) is 0 Å². The van der Waals surface area contributed by atoms with E-state index in [9.17, 15) is 9.90 Å². The molecule has 4 nitrogen and oxygen atoms in total. The average molecular weight is 203 g/mol. The Morgan fingerprint density at radius 2 is 1.73 bits per heavy atom. The van der Waals surface area contributed by atoms with Gasteiger partial charge in [-0.15, -0.1) is 0 Å². The summed E-state index contributed by atoms with van der Waals surface area (Å²) >= 11 is 0. The van der Waals surface area contributed by atoms with Gasteiger partial charge in [0.25, 0.3) is 0 Å². The van der Waals surface area contributed by atoms with Crippen LogP contribution in [0.5, 0.6) is 5.75 Å². The van der Waals surface area contributed by atoms with Crippen LogP contribution in [0, 0.1) is 0 Å². The van der Waals surface area contributed by atoms with Gasteiger partial charge in [-0.1, -0.05) is 24.3 Å². The molecule has 0 radical (unpaired) electrons. The number of aromatic hydroxyl groups is 1. The summed E-state index contributed by atoms with van der Waals surface area (Å²) in [5.74, 6) is 0.140. The van der Waals surface area contributed by atoms with Crippen molar-refractivity contribution in [1.82, 2.24) is 0 Å². The molecule has 1 amide bonds. The number of anilines is 1. The molecule has 0 aliphatic rings. The second kappa shape index (κ2) is 3.49. The van der Waals surface area contributed by atoms with Crippen molar-refractivity contribution >= 4 is 22.6 Å². The molecule has 0 unspecified atom stereocenters. The predicted octanol–water partition coefficient (Wildman–Crippen LogP) is 2.64. The number of benzene rings is 2. The number of phenols is 1. The number of rotatable bonds is 1. The number of carboxylic acid groups (broad SMARTS) is 1. The largest absolute Gasteiger partial charge is 0.507 e. The molecule has 0 heterocycles. The number of fused-ring (bicyclic) bond motifs is 1. The first-order valence-corrected chi connectivity index (χ1v) is 4.39. The summed E-state index contributed by atoms with van der Waals surface area (Å²) in [6, 6.07) is 10.1. The van der Waals surface area contributed by atoms with Gasteiger partial charge in [-0.2, -0.15) is 0 Å². The van der Waals surface area contributed by atoms with Crippen LogP contribution in [-0.2, 0) is 0 Å². The van der Waals surface area contributed by atoms with Gasteiger partial charge in [0, 0.05) is 10.8 Å². The van der Waals surface area contributed by atoms with Crippen LogP contribution in [0.15, 0.2) is 36.4 Å². The van der Waals surface area contributed by atoms with E-state index in [-0.39, 0.29) is 5.75 Å². The molecule has 3 N–H and O–H groups in total. The minimum absolute atomic E-state index is 0.140. The van der Waals surface area contributed by atoms with E-state index in [4.69, 9.17) is 5.11 Å². The zero-order valence-electron chi connectivity index (χ0n) is 7.77. The lowest BCUT2D eigenvalue weighted by Crippen LogP contribution is -2.07. The molecule has 15 heavy (non-hydrogen) atoms. The van der Waals surface area contributed by atoms with Crippen LogP contribution in [0.2, 0.25) is 0 Å². The molecule has 0 saturated heterocycles. The normalized spacial score (nSPS) is 10.1. The third kappa shape index (κ3) is 1.69. The summed E-state index contributed by atoms with van der Waals surface area (Å²) in [4.78, 5) is 10.5. The molecular formula is C11H9NO3. The summed E-state index contributed by atoms with van der Waals surface area (Å²) in [6.07, 6.45) is -1.12. The third-order valence-electron chi connectivity index (χ3n) is 2.14. The number of nitrogens with one attached hydrogen (secondary N) is 1. The monoisotopic (exact) mass is 203 g/mol. The first-order valence-electron chi connectivity index (χ1n) is 4.39. The van der Waals surface area contributed by atoms with Crippen LogP contribution in [-0.4, -0.2) is 16.3 Å². The van der Waals surface area contributed by atoms with E-state index in [1.807, 2.05) is 0 Å². The summed E-state index contributed by atoms with van der Waals surface area (Å²) in [5, 5.41) is 21.8. The number of hydrogen-bond donors (Lipinski definition) is 3. The van der Waals surface area contributed by atoms with Crippen molar-refractivity contribution in [2.45, 2.75) is 0 Å². The molecule has 2 aromatic carbocycles. The minimum atomic E-state index is -1.12. The van der Waals surface area contributed by atoms with Gasteiger partial charge in [-0.05, 0) is 12.1 Å². The molecule has 0 spiro atoms. The standard InChI is InChI=1S/C11H9NO3/c13-10-6-5-9(12-11(14)15)7-3-1-2-4-8(7)10/h1-6,12-13H,(H,14,15). The van der Waals surface area contributed by atoms with Crippen LogP contribution >= 0.6 is 0 Å². The average Bonchev–Trinajstić information content (AvgIpc) is 2.22. The van der Waals surface area contributed by atoms with E-state index in [2.05, 4.69) is 5.32 Å². The molecule has 0 aliphatic carbocycles. The Hall–Kier alpha value is -2.23. The molecule has 4 heteroatoms. The number of carbonyl (C=O) groups is 1. The maximum atomic E-state index is 10.5. The van der Waals surface area contributed by atoms with Crippen molar-refractivity contribution in [3.05, 3.63) is 36.4 Å². The highest BCUT2D eigenvalue weighted by molar-refractivity contribution is 6.02. The summed E-state index contributed by atoms with van der Waals surface area (Å²) in [6.45, 7) is 0. The lowest BCUT2D eigenvalue weighted by atomic mass is 10.1. The van der Waals surface area contributed by atoms with Crippen LogP contribution < -0.4 is 5.32 Å². The predicted molar refractivity (Wildman–Crippen MR) is 57.3 cm³/mol. The zero-order chi connectivity index (χ0) is 10.8. The van der Waals surface area contributed by atoms with Crippen molar-refractivity contribution in [3.63, 3.8) is 0 Å². The molecule has 2 aromatic rings. The van der Waals surface area contributed by atoms with Gasteiger partial charge < -0.3 is 10.2 Å². The van der Waals surface area contributed by atoms with Crippen LogP contribution in [0.4, 0.5) is 10.5 Å². The summed E-state index contributed by atoms with van der Waals surface area (Å²) in [7, 11) is 0. The number of hydrogen-bond acceptors (Lipinski definition) is 2. The van der Waals surface area contributed by atoms with Crippen LogP contribution in [0.3, 0.4) is 0 Å². The zero-order valence-corrected chi connectivity index (χ0v) is 7.77. The summed E-state index contributed by atoms with van der Waals surface area (Å²) in [5.41, 5.74) is 0.468. The fraction of sp³-hybridized carbons (Fsp3) is 0. The highest BCUT2D eigenvalue weighted by atomic mass is 16.4. The van der Waals surface area contributed by atoms with E-state index < -0.39 is 6.09 Å². The van der Waals surface area contributed by atoms with E-state index in [0.717, 1.165) is 0 Å². The maximum absolute atomic E-state index is 10.5. The first-order chi connectivity index (χ1) is 7.18. The Balaban J connectivity index is 2.66. The molecule has 0 aliphatic heterocycles. The quantitative estimate of drug-likeness (QED) is 0.624. The lowest BCUT2D eigenvalue weighted by molar-refractivity contribution is 0.210. The van der Waals surface area contributed by atoms with Crippen molar-refractivity contribution < 1.29 is 15.0 Å². The molecule has 0 saturated carbocycles. The first kappa shape index (κ1) is 9.33. The van der Waals surface area contributed by atoms with Crippen molar-refractivity contribution in [1.29, 1.82) is 0 Å².